The second-order valence-electron chi connectivity index (χ2n) is 6.44. The third-order valence-corrected chi connectivity index (χ3v) is 4.64. The molecular weight excluding hydrogens is 350 g/mol. The van der Waals surface area contributed by atoms with Crippen LogP contribution in [0, 0.1) is 0 Å². The zero-order valence-electron chi connectivity index (χ0n) is 14.3. The summed E-state index contributed by atoms with van der Waals surface area (Å²) in [4.78, 5) is 22.8. The Morgan fingerprint density at radius 1 is 1.41 bits per heavy atom. The van der Waals surface area contributed by atoms with Gasteiger partial charge in [-0.15, -0.1) is 0 Å². The maximum absolute atomic E-state index is 12.1. The van der Waals surface area contributed by atoms with E-state index in [1.165, 1.54) is 6.33 Å². The minimum absolute atomic E-state index is 0.0475. The van der Waals surface area contributed by atoms with Crippen LogP contribution in [0.5, 0.6) is 0 Å². The molecule has 1 aliphatic rings. The number of hydrogen-bond acceptors (Lipinski definition) is 7. The number of anilines is 1. The summed E-state index contributed by atoms with van der Waals surface area (Å²) in [6.45, 7) is -0.342. The molecule has 0 bridgehead atoms. The van der Waals surface area contributed by atoms with E-state index in [2.05, 4.69) is 15.0 Å². The zero-order chi connectivity index (χ0) is 19.0. The highest BCUT2D eigenvalue weighted by Gasteiger charge is 2.46. The minimum Gasteiger partial charge on any atom is -0.394 e. The molecule has 0 aliphatic carbocycles. The Balaban J connectivity index is 1.87. The van der Waals surface area contributed by atoms with Crippen LogP contribution in [0.3, 0.4) is 0 Å². The Bertz CT molecular complexity index is 1040. The third-order valence-electron chi connectivity index (χ3n) is 4.64. The van der Waals surface area contributed by atoms with Crippen molar-refractivity contribution in [1.82, 2.24) is 19.5 Å². The number of hydrogen-bond donors (Lipinski definition) is 4. The Kier molecular flexibility index (Phi) is 4.27. The molecule has 2 aromatic heterocycles. The molecule has 0 saturated carbocycles. The highest BCUT2D eigenvalue weighted by atomic mass is 16.6. The summed E-state index contributed by atoms with van der Waals surface area (Å²) in [7, 11) is 0. The average Bonchev–Trinajstić information content (AvgIpc) is 3.23. The number of nitrogens with zero attached hydrogens (tertiary/aromatic N) is 3. The predicted molar refractivity (Wildman–Crippen MR) is 98.6 cm³/mol. The van der Waals surface area contributed by atoms with Gasteiger partial charge in [0.1, 0.15) is 6.10 Å². The molecule has 27 heavy (non-hydrogen) atoms. The second kappa shape index (κ2) is 6.62. The van der Waals surface area contributed by atoms with Gasteiger partial charge in [0.2, 0.25) is 5.95 Å². The molecule has 1 fully saturated rings. The number of nitrogens with one attached hydrogen (secondary N) is 1. The van der Waals surface area contributed by atoms with Gasteiger partial charge in [-0.1, -0.05) is 36.4 Å². The van der Waals surface area contributed by atoms with Crippen molar-refractivity contribution < 1.29 is 14.9 Å². The van der Waals surface area contributed by atoms with Crippen molar-refractivity contribution in [2.75, 3.05) is 12.3 Å². The number of aliphatic hydroxyl groups excluding tert-OH is 2. The summed E-state index contributed by atoms with van der Waals surface area (Å²) in [5, 5.41) is 19.9. The topological polar surface area (TPSA) is 139 Å². The molecule has 5 N–H and O–H groups in total. The summed E-state index contributed by atoms with van der Waals surface area (Å²) in [5.74, 6) is -0.0475. The van der Waals surface area contributed by atoms with Crippen molar-refractivity contribution >= 4 is 23.2 Å². The summed E-state index contributed by atoms with van der Waals surface area (Å²) in [6.07, 6.45) is 3.51. The molecule has 140 valence electrons. The number of rotatable bonds is 4. The first-order valence-electron chi connectivity index (χ1n) is 8.47. The van der Waals surface area contributed by atoms with Gasteiger partial charge in [-0.25, -0.2) is 4.98 Å². The van der Waals surface area contributed by atoms with E-state index in [4.69, 9.17) is 10.5 Å². The van der Waals surface area contributed by atoms with Crippen LogP contribution in [-0.2, 0) is 10.5 Å². The molecule has 9 nitrogen and oxygen atoms in total. The molecule has 0 unspecified atom stereocenters. The first-order valence-corrected chi connectivity index (χ1v) is 8.47. The van der Waals surface area contributed by atoms with Gasteiger partial charge in [0.05, 0.1) is 19.0 Å². The zero-order valence-corrected chi connectivity index (χ0v) is 14.3. The smallest absolute Gasteiger partial charge is 0.280 e. The van der Waals surface area contributed by atoms with E-state index in [1.54, 1.807) is 10.6 Å². The molecule has 1 saturated heterocycles. The van der Waals surface area contributed by atoms with Crippen molar-refractivity contribution in [2.45, 2.75) is 24.4 Å². The third kappa shape index (κ3) is 3.01. The molecule has 9 heteroatoms. The normalized spacial score (nSPS) is 25.6. The van der Waals surface area contributed by atoms with E-state index in [1.807, 2.05) is 36.4 Å². The fourth-order valence-corrected chi connectivity index (χ4v) is 3.32. The van der Waals surface area contributed by atoms with Crippen LogP contribution in [0.1, 0.15) is 12.0 Å². The molecule has 0 spiro atoms. The lowest BCUT2D eigenvalue weighted by Crippen LogP contribution is -2.32. The van der Waals surface area contributed by atoms with E-state index in [9.17, 15) is 15.0 Å². The van der Waals surface area contributed by atoms with Gasteiger partial charge in [0.15, 0.2) is 16.9 Å². The van der Waals surface area contributed by atoms with Crippen molar-refractivity contribution in [3.63, 3.8) is 0 Å². The van der Waals surface area contributed by atoms with Gasteiger partial charge in [-0.2, -0.15) is 4.98 Å². The van der Waals surface area contributed by atoms with E-state index in [0.29, 0.717) is 0 Å². The van der Waals surface area contributed by atoms with Crippen LogP contribution in [-0.4, -0.2) is 48.5 Å². The quantitative estimate of drug-likeness (QED) is 0.515. The minimum atomic E-state index is -1.18. The van der Waals surface area contributed by atoms with Gasteiger partial charge in [0, 0.05) is 6.42 Å². The largest absolute Gasteiger partial charge is 0.394 e. The number of aromatic amines is 1. The number of benzene rings is 1. The lowest BCUT2D eigenvalue weighted by Gasteiger charge is -2.27. The highest BCUT2D eigenvalue weighted by Crippen LogP contribution is 2.38. The van der Waals surface area contributed by atoms with Crippen molar-refractivity contribution in [1.29, 1.82) is 0 Å². The van der Waals surface area contributed by atoms with Crippen LogP contribution in [0.4, 0.5) is 5.95 Å². The van der Waals surface area contributed by atoms with E-state index < -0.39 is 23.5 Å². The van der Waals surface area contributed by atoms with E-state index in [0.717, 1.165) is 5.56 Å². The summed E-state index contributed by atoms with van der Waals surface area (Å²) in [6, 6.07) is 9.56. The number of aliphatic hydroxyl groups is 2. The number of H-pyrrole nitrogens is 1. The SMILES string of the molecule is Nc1nc2c(ncn2[C@@]2(C=Cc3ccccc3)C[C@H](O)[C@@H](CO)O2)c(=O)[nH]1. The summed E-state index contributed by atoms with van der Waals surface area (Å²) >= 11 is 0. The van der Waals surface area contributed by atoms with E-state index >= 15 is 0 Å². The average molecular weight is 369 g/mol. The van der Waals surface area contributed by atoms with Crippen molar-refractivity contribution in [3.8, 4) is 0 Å². The summed E-state index contributed by atoms with van der Waals surface area (Å²) in [5.41, 5.74) is 5.32. The molecule has 1 aromatic carbocycles. The molecule has 0 amide bonds. The standard InChI is InChI=1S/C18H19N5O4/c19-17-21-15-14(16(26)22-17)20-10-23(15)18(8-12(25)13(9-24)27-18)7-6-11-4-2-1-3-5-11/h1-7,10,12-13,24-25H,8-9H2,(H3,19,21,22,26)/t12-,13+,18+/m0/s1. The number of aromatic nitrogens is 4. The van der Waals surface area contributed by atoms with Crippen LogP contribution >= 0.6 is 0 Å². The number of ether oxygens (including phenoxy) is 1. The predicted octanol–water partition coefficient (Wildman–Crippen LogP) is 0.210. The maximum Gasteiger partial charge on any atom is 0.280 e. The first kappa shape index (κ1) is 17.4. The van der Waals surface area contributed by atoms with Crippen molar-refractivity contribution in [2.24, 2.45) is 0 Å². The molecule has 3 heterocycles. The molecule has 4 rings (SSSR count). The van der Waals surface area contributed by atoms with Gasteiger partial charge in [0.25, 0.3) is 5.56 Å². The Hall–Kier alpha value is -3.01. The van der Waals surface area contributed by atoms with E-state index in [-0.39, 0.29) is 30.1 Å². The lowest BCUT2D eigenvalue weighted by molar-refractivity contribution is -0.0851. The maximum atomic E-state index is 12.1. The molecule has 0 radical (unpaired) electrons. The summed E-state index contributed by atoms with van der Waals surface area (Å²) < 4.78 is 7.57. The Labute approximate surface area is 153 Å². The molecular formula is C18H19N5O4. The van der Waals surface area contributed by atoms with Gasteiger partial charge >= 0.3 is 0 Å². The molecule has 3 atom stereocenters. The fraction of sp³-hybridized carbons (Fsp3) is 0.278. The van der Waals surface area contributed by atoms with Gasteiger partial charge < -0.3 is 20.7 Å². The molecule has 3 aromatic rings. The molecule has 1 aliphatic heterocycles. The lowest BCUT2D eigenvalue weighted by atomic mass is 10.0. The highest BCUT2D eigenvalue weighted by molar-refractivity contribution is 5.71. The number of nitrogens with two attached hydrogens (primary N) is 1. The monoisotopic (exact) mass is 369 g/mol. The first-order chi connectivity index (χ1) is 13.0. The van der Waals surface area contributed by atoms with Crippen LogP contribution in [0.25, 0.3) is 17.2 Å². The number of imidazole rings is 1. The fourth-order valence-electron chi connectivity index (χ4n) is 3.32. The Morgan fingerprint density at radius 3 is 2.89 bits per heavy atom. The van der Waals surface area contributed by atoms with Gasteiger partial charge in [-0.3, -0.25) is 14.3 Å². The van der Waals surface area contributed by atoms with Crippen molar-refractivity contribution in [3.05, 3.63) is 58.7 Å². The van der Waals surface area contributed by atoms with Crippen LogP contribution < -0.4 is 11.3 Å². The van der Waals surface area contributed by atoms with Crippen LogP contribution in [0.2, 0.25) is 0 Å². The Morgan fingerprint density at radius 2 is 2.19 bits per heavy atom. The van der Waals surface area contributed by atoms with Crippen LogP contribution in [0.15, 0.2) is 47.5 Å². The number of nitrogen functional groups attached to an aromatic ring is 1. The second-order valence-corrected chi connectivity index (χ2v) is 6.44. The van der Waals surface area contributed by atoms with Gasteiger partial charge in [-0.05, 0) is 11.6 Å². The number of fused-ring (bicyclic) bond motifs is 1.